The van der Waals surface area contributed by atoms with Gasteiger partial charge in [-0.25, -0.2) is 4.79 Å². The van der Waals surface area contributed by atoms with Gasteiger partial charge in [-0.15, -0.1) is 0 Å². The molecule has 6 heteroatoms. The molecule has 1 aromatic rings. The number of amides is 1. The molecule has 0 radical (unpaired) electrons. The van der Waals surface area contributed by atoms with Crippen molar-refractivity contribution in [2.75, 3.05) is 20.6 Å². The lowest BCUT2D eigenvalue weighted by atomic mass is 10.2. The van der Waals surface area contributed by atoms with E-state index in [9.17, 15) is 9.59 Å². The van der Waals surface area contributed by atoms with E-state index in [2.05, 4.69) is 5.32 Å². The average Bonchev–Trinajstić information content (AvgIpc) is 2.28. The van der Waals surface area contributed by atoms with E-state index in [0.29, 0.717) is 10.6 Å². The van der Waals surface area contributed by atoms with Gasteiger partial charge in [0.1, 0.15) is 6.04 Å². The molecule has 0 aliphatic heterocycles. The summed E-state index contributed by atoms with van der Waals surface area (Å²) in [5, 5.41) is 12.0. The monoisotopic (exact) mass is 270 g/mol. The SMILES string of the molecule is CN(C)CC(NC(=O)c1ccc(Cl)cc1)C(=O)O. The number of benzene rings is 1. The Morgan fingerprint density at radius 2 is 1.89 bits per heavy atom. The molecule has 18 heavy (non-hydrogen) atoms. The number of hydrogen-bond acceptors (Lipinski definition) is 3. The molecule has 0 saturated heterocycles. The number of carbonyl (C=O) groups excluding carboxylic acids is 1. The average molecular weight is 271 g/mol. The van der Waals surface area contributed by atoms with Gasteiger partial charge in [0.15, 0.2) is 0 Å². The molecule has 0 aromatic heterocycles. The highest BCUT2D eigenvalue weighted by atomic mass is 35.5. The van der Waals surface area contributed by atoms with Gasteiger partial charge in [0.25, 0.3) is 5.91 Å². The van der Waals surface area contributed by atoms with Crippen LogP contribution in [-0.2, 0) is 4.79 Å². The normalized spacial score (nSPS) is 12.2. The third-order valence-corrected chi connectivity index (χ3v) is 2.51. The van der Waals surface area contributed by atoms with Gasteiger partial charge < -0.3 is 15.3 Å². The van der Waals surface area contributed by atoms with Gasteiger partial charge in [0.05, 0.1) is 0 Å². The van der Waals surface area contributed by atoms with Crippen LogP contribution in [-0.4, -0.2) is 48.6 Å². The number of hydrogen-bond donors (Lipinski definition) is 2. The molecular weight excluding hydrogens is 256 g/mol. The summed E-state index contributed by atoms with van der Waals surface area (Å²) in [4.78, 5) is 24.5. The summed E-state index contributed by atoms with van der Waals surface area (Å²) in [6.45, 7) is 0.231. The Balaban J connectivity index is 2.72. The number of carboxylic acids is 1. The van der Waals surface area contributed by atoms with E-state index in [1.54, 1.807) is 43.3 Å². The summed E-state index contributed by atoms with van der Waals surface area (Å²) in [5.41, 5.74) is 0.379. The Bertz CT molecular complexity index is 431. The van der Waals surface area contributed by atoms with E-state index in [1.165, 1.54) is 0 Å². The first-order chi connectivity index (χ1) is 8.40. The zero-order valence-corrected chi connectivity index (χ0v) is 10.9. The topological polar surface area (TPSA) is 69.6 Å². The van der Waals surface area contributed by atoms with Crippen LogP contribution in [0.2, 0.25) is 5.02 Å². The molecule has 98 valence electrons. The lowest BCUT2D eigenvalue weighted by Crippen LogP contribution is -2.46. The Morgan fingerprint density at radius 1 is 1.33 bits per heavy atom. The molecule has 0 spiro atoms. The van der Waals surface area contributed by atoms with Crippen LogP contribution in [0.4, 0.5) is 0 Å². The lowest BCUT2D eigenvalue weighted by molar-refractivity contribution is -0.139. The first kappa shape index (κ1) is 14.5. The van der Waals surface area contributed by atoms with Crippen molar-refractivity contribution in [3.63, 3.8) is 0 Å². The minimum absolute atomic E-state index is 0.231. The summed E-state index contributed by atoms with van der Waals surface area (Å²) in [6, 6.07) is 5.32. The van der Waals surface area contributed by atoms with E-state index in [1.807, 2.05) is 0 Å². The summed E-state index contributed by atoms with van der Waals surface area (Å²) in [5.74, 6) is -1.49. The Labute approximate surface area is 110 Å². The lowest BCUT2D eigenvalue weighted by Gasteiger charge is -2.18. The van der Waals surface area contributed by atoms with Crippen molar-refractivity contribution in [2.45, 2.75) is 6.04 Å². The molecule has 1 aromatic carbocycles. The Morgan fingerprint density at radius 3 is 2.33 bits per heavy atom. The van der Waals surface area contributed by atoms with Crippen molar-refractivity contribution in [3.8, 4) is 0 Å². The molecule has 0 heterocycles. The third-order valence-electron chi connectivity index (χ3n) is 2.26. The molecule has 1 atom stereocenters. The van der Waals surface area contributed by atoms with Gasteiger partial charge >= 0.3 is 5.97 Å². The van der Waals surface area contributed by atoms with Crippen LogP contribution in [0, 0.1) is 0 Å². The second-order valence-corrected chi connectivity index (χ2v) is 4.57. The van der Waals surface area contributed by atoms with Crippen molar-refractivity contribution in [2.24, 2.45) is 0 Å². The van der Waals surface area contributed by atoms with Crippen LogP contribution < -0.4 is 5.32 Å². The number of nitrogens with zero attached hydrogens (tertiary/aromatic N) is 1. The number of halogens is 1. The Hall–Kier alpha value is -1.59. The van der Waals surface area contributed by atoms with Crippen LogP contribution in [0.1, 0.15) is 10.4 Å². The number of aliphatic carboxylic acids is 1. The van der Waals surface area contributed by atoms with E-state index >= 15 is 0 Å². The predicted molar refractivity (Wildman–Crippen MR) is 68.9 cm³/mol. The molecule has 0 saturated carbocycles. The molecule has 1 amide bonds. The van der Waals surface area contributed by atoms with Crippen molar-refractivity contribution in [1.29, 1.82) is 0 Å². The minimum Gasteiger partial charge on any atom is -0.480 e. The second-order valence-electron chi connectivity index (χ2n) is 4.13. The predicted octanol–water partition coefficient (Wildman–Crippen LogP) is 1.08. The maximum atomic E-state index is 11.8. The summed E-state index contributed by atoms with van der Waals surface area (Å²) < 4.78 is 0. The molecule has 0 aliphatic rings. The molecule has 0 fully saturated rings. The summed E-state index contributed by atoms with van der Waals surface area (Å²) in [7, 11) is 3.48. The first-order valence-corrected chi connectivity index (χ1v) is 5.72. The molecular formula is C12H15ClN2O3. The number of carbonyl (C=O) groups is 2. The van der Waals surface area contributed by atoms with Gasteiger partial charge in [0, 0.05) is 17.1 Å². The molecule has 5 nitrogen and oxygen atoms in total. The van der Waals surface area contributed by atoms with Crippen molar-refractivity contribution in [1.82, 2.24) is 10.2 Å². The van der Waals surface area contributed by atoms with Gasteiger partial charge in [-0.05, 0) is 38.4 Å². The van der Waals surface area contributed by atoms with Gasteiger partial charge in [-0.3, -0.25) is 4.79 Å². The fourth-order valence-electron chi connectivity index (χ4n) is 1.39. The van der Waals surface area contributed by atoms with E-state index in [-0.39, 0.29) is 6.54 Å². The fraction of sp³-hybridized carbons (Fsp3) is 0.333. The standard InChI is InChI=1S/C12H15ClN2O3/c1-15(2)7-10(12(17)18)14-11(16)8-3-5-9(13)6-4-8/h3-6,10H,7H2,1-2H3,(H,14,16)(H,17,18). The largest absolute Gasteiger partial charge is 0.480 e. The molecule has 0 aliphatic carbocycles. The van der Waals surface area contributed by atoms with Crippen LogP contribution in [0.25, 0.3) is 0 Å². The number of rotatable bonds is 5. The second kappa shape index (κ2) is 6.37. The van der Waals surface area contributed by atoms with Crippen LogP contribution in [0.15, 0.2) is 24.3 Å². The summed E-state index contributed by atoms with van der Waals surface area (Å²) in [6.07, 6.45) is 0. The van der Waals surface area contributed by atoms with E-state index < -0.39 is 17.9 Å². The van der Waals surface area contributed by atoms with Gasteiger partial charge in [-0.2, -0.15) is 0 Å². The number of carboxylic acid groups (broad SMARTS) is 1. The first-order valence-electron chi connectivity index (χ1n) is 5.34. The van der Waals surface area contributed by atoms with Crippen LogP contribution in [0.5, 0.6) is 0 Å². The highest BCUT2D eigenvalue weighted by Gasteiger charge is 2.21. The number of likely N-dealkylation sites (N-methyl/N-ethyl adjacent to an activating group) is 1. The maximum Gasteiger partial charge on any atom is 0.327 e. The van der Waals surface area contributed by atoms with Crippen LogP contribution in [0.3, 0.4) is 0 Å². The van der Waals surface area contributed by atoms with E-state index in [0.717, 1.165) is 0 Å². The fourth-order valence-corrected chi connectivity index (χ4v) is 1.52. The Kier molecular flexibility index (Phi) is 5.12. The minimum atomic E-state index is -1.06. The maximum absolute atomic E-state index is 11.8. The summed E-state index contributed by atoms with van der Waals surface area (Å²) >= 11 is 5.71. The van der Waals surface area contributed by atoms with Crippen molar-refractivity contribution >= 4 is 23.5 Å². The molecule has 0 bridgehead atoms. The van der Waals surface area contributed by atoms with Gasteiger partial charge in [0.2, 0.25) is 0 Å². The molecule has 1 unspecified atom stereocenters. The highest BCUT2D eigenvalue weighted by Crippen LogP contribution is 2.09. The highest BCUT2D eigenvalue weighted by molar-refractivity contribution is 6.30. The van der Waals surface area contributed by atoms with Crippen molar-refractivity contribution < 1.29 is 14.7 Å². The third kappa shape index (κ3) is 4.35. The molecule has 1 rings (SSSR count). The van der Waals surface area contributed by atoms with Crippen molar-refractivity contribution in [3.05, 3.63) is 34.9 Å². The zero-order valence-electron chi connectivity index (χ0n) is 10.2. The van der Waals surface area contributed by atoms with E-state index in [4.69, 9.17) is 16.7 Å². The quantitative estimate of drug-likeness (QED) is 0.840. The van der Waals surface area contributed by atoms with Gasteiger partial charge in [-0.1, -0.05) is 11.6 Å². The van der Waals surface area contributed by atoms with Crippen LogP contribution >= 0.6 is 11.6 Å². The molecule has 2 N–H and O–H groups in total. The number of nitrogens with one attached hydrogen (secondary N) is 1. The zero-order chi connectivity index (χ0) is 13.7. The smallest absolute Gasteiger partial charge is 0.327 e.